The molecule has 1 aromatic carbocycles. The topological polar surface area (TPSA) is 0 Å². The number of hydrogen-bond donors (Lipinski definition) is 0. The molecule has 1 aromatic rings. The molecule has 1 heteroatoms. The zero-order valence-electron chi connectivity index (χ0n) is 10.7. The van der Waals surface area contributed by atoms with Crippen molar-refractivity contribution in [3.05, 3.63) is 35.4 Å². The lowest BCUT2D eigenvalue weighted by Crippen LogP contribution is -2.43. The molecular formula is C15H21F. The molecule has 1 aliphatic rings. The molecule has 0 saturated heterocycles. The minimum absolute atomic E-state index is 0.236. The highest BCUT2D eigenvalue weighted by atomic mass is 19.1. The van der Waals surface area contributed by atoms with Crippen LogP contribution in [0.3, 0.4) is 0 Å². The maximum absolute atomic E-state index is 14.6. The van der Waals surface area contributed by atoms with Gasteiger partial charge >= 0.3 is 0 Å². The summed E-state index contributed by atoms with van der Waals surface area (Å²) in [5, 5.41) is 0. The smallest absolute Gasteiger partial charge is 0.136 e. The van der Waals surface area contributed by atoms with Gasteiger partial charge in [-0.25, -0.2) is 4.39 Å². The Morgan fingerprint density at radius 2 is 1.62 bits per heavy atom. The summed E-state index contributed by atoms with van der Waals surface area (Å²) in [5.74, 6) is 0.513. The number of hydrogen-bond acceptors (Lipinski definition) is 0. The van der Waals surface area contributed by atoms with Crippen LogP contribution in [0.1, 0.15) is 44.7 Å². The van der Waals surface area contributed by atoms with E-state index in [-0.39, 0.29) is 5.41 Å². The molecule has 0 atom stereocenters. The van der Waals surface area contributed by atoms with Crippen molar-refractivity contribution in [1.29, 1.82) is 0 Å². The quantitative estimate of drug-likeness (QED) is 0.648. The van der Waals surface area contributed by atoms with Crippen LogP contribution < -0.4 is 0 Å². The number of halogens is 1. The van der Waals surface area contributed by atoms with Crippen molar-refractivity contribution in [3.8, 4) is 0 Å². The molecule has 0 heterocycles. The van der Waals surface area contributed by atoms with Gasteiger partial charge in [-0.3, -0.25) is 0 Å². The molecule has 1 saturated carbocycles. The molecule has 2 rings (SSSR count). The number of alkyl halides is 1. The summed E-state index contributed by atoms with van der Waals surface area (Å²) in [5.41, 5.74) is 1.23. The molecule has 0 aromatic heterocycles. The predicted octanol–water partition coefficient (Wildman–Crippen LogP) is 4.62. The number of benzene rings is 1. The summed E-state index contributed by atoms with van der Waals surface area (Å²) in [4.78, 5) is 0. The first-order chi connectivity index (χ1) is 7.31. The third kappa shape index (κ3) is 2.00. The zero-order chi connectivity index (χ0) is 12.0. The average Bonchev–Trinajstić information content (AvgIpc) is 2.12. The van der Waals surface area contributed by atoms with Crippen molar-refractivity contribution in [2.24, 2.45) is 11.3 Å². The lowest BCUT2D eigenvalue weighted by atomic mass is 9.59. The Kier molecular flexibility index (Phi) is 2.60. The van der Waals surface area contributed by atoms with E-state index >= 15 is 0 Å². The molecule has 88 valence electrons. The Labute approximate surface area is 97.9 Å². The van der Waals surface area contributed by atoms with Gasteiger partial charge < -0.3 is 0 Å². The SMILES string of the molecule is Cc1ccc(C2(F)CC(C(C)(C)C)C2)cc1. The minimum atomic E-state index is -1.06. The van der Waals surface area contributed by atoms with Crippen LogP contribution in [-0.4, -0.2) is 0 Å². The van der Waals surface area contributed by atoms with E-state index in [9.17, 15) is 4.39 Å². The summed E-state index contributed by atoms with van der Waals surface area (Å²) >= 11 is 0. The molecule has 0 N–H and O–H groups in total. The molecule has 0 bridgehead atoms. The fourth-order valence-electron chi connectivity index (χ4n) is 2.42. The third-order valence-corrected chi connectivity index (χ3v) is 3.93. The Hall–Kier alpha value is -0.850. The maximum Gasteiger partial charge on any atom is 0.136 e. The average molecular weight is 220 g/mol. The molecule has 0 unspecified atom stereocenters. The summed E-state index contributed by atoms with van der Waals surface area (Å²) in [6.07, 6.45) is 1.36. The third-order valence-electron chi connectivity index (χ3n) is 3.93. The van der Waals surface area contributed by atoms with Crippen molar-refractivity contribution in [1.82, 2.24) is 0 Å². The predicted molar refractivity (Wildman–Crippen MR) is 66.1 cm³/mol. The van der Waals surface area contributed by atoms with Crippen molar-refractivity contribution < 1.29 is 4.39 Å². The van der Waals surface area contributed by atoms with E-state index in [2.05, 4.69) is 20.8 Å². The van der Waals surface area contributed by atoms with Gasteiger partial charge in [-0.05, 0) is 36.7 Å². The zero-order valence-corrected chi connectivity index (χ0v) is 10.7. The van der Waals surface area contributed by atoms with Crippen LogP contribution in [0.5, 0.6) is 0 Å². The van der Waals surface area contributed by atoms with Crippen molar-refractivity contribution in [2.75, 3.05) is 0 Å². The Morgan fingerprint density at radius 3 is 2.06 bits per heavy atom. The van der Waals surface area contributed by atoms with E-state index < -0.39 is 5.67 Å². The molecule has 1 aliphatic carbocycles. The summed E-state index contributed by atoms with van der Waals surface area (Å²) < 4.78 is 14.6. The van der Waals surface area contributed by atoms with E-state index in [0.717, 1.165) is 5.56 Å². The van der Waals surface area contributed by atoms with Gasteiger partial charge in [0.05, 0.1) is 0 Å². The fraction of sp³-hybridized carbons (Fsp3) is 0.600. The monoisotopic (exact) mass is 220 g/mol. The summed E-state index contributed by atoms with van der Waals surface area (Å²) in [7, 11) is 0. The second kappa shape index (κ2) is 3.58. The standard InChI is InChI=1S/C15H21F/c1-11-5-7-12(8-6-11)15(16)9-13(10-15)14(2,3)4/h5-8,13H,9-10H2,1-4H3. The molecule has 0 amide bonds. The normalized spacial score (nSPS) is 29.9. The minimum Gasteiger partial charge on any atom is -0.239 e. The van der Waals surface area contributed by atoms with Crippen molar-refractivity contribution >= 4 is 0 Å². The second-order valence-corrected chi connectivity index (χ2v) is 6.30. The lowest BCUT2D eigenvalue weighted by molar-refractivity contribution is -0.0476. The van der Waals surface area contributed by atoms with Gasteiger partial charge in [-0.15, -0.1) is 0 Å². The molecule has 0 aliphatic heterocycles. The van der Waals surface area contributed by atoms with Crippen molar-refractivity contribution in [2.45, 2.75) is 46.2 Å². The highest BCUT2D eigenvalue weighted by molar-refractivity contribution is 5.29. The van der Waals surface area contributed by atoms with Gasteiger partial charge in [0.15, 0.2) is 0 Å². The van der Waals surface area contributed by atoms with E-state index in [1.54, 1.807) is 0 Å². The number of rotatable bonds is 1. The Balaban J connectivity index is 2.10. The highest BCUT2D eigenvalue weighted by Gasteiger charge is 2.49. The van der Waals surface area contributed by atoms with Crippen LogP contribution in [0.15, 0.2) is 24.3 Å². The molecule has 0 spiro atoms. The van der Waals surface area contributed by atoms with Crippen LogP contribution in [-0.2, 0) is 5.67 Å². The van der Waals surface area contributed by atoms with Crippen LogP contribution in [0.25, 0.3) is 0 Å². The van der Waals surface area contributed by atoms with E-state index in [0.29, 0.717) is 18.8 Å². The second-order valence-electron chi connectivity index (χ2n) is 6.30. The van der Waals surface area contributed by atoms with E-state index in [1.165, 1.54) is 5.56 Å². The Morgan fingerprint density at radius 1 is 1.12 bits per heavy atom. The van der Waals surface area contributed by atoms with Crippen LogP contribution >= 0.6 is 0 Å². The van der Waals surface area contributed by atoms with E-state index in [1.807, 2.05) is 31.2 Å². The van der Waals surface area contributed by atoms with Crippen LogP contribution in [0, 0.1) is 18.3 Å². The van der Waals surface area contributed by atoms with Crippen LogP contribution in [0.4, 0.5) is 4.39 Å². The van der Waals surface area contributed by atoms with Gasteiger partial charge in [-0.1, -0.05) is 50.6 Å². The maximum atomic E-state index is 14.6. The molecule has 0 radical (unpaired) electrons. The molecular weight excluding hydrogens is 199 g/mol. The Bertz CT molecular complexity index is 363. The number of aryl methyl sites for hydroxylation is 1. The van der Waals surface area contributed by atoms with Gasteiger partial charge in [0.25, 0.3) is 0 Å². The first kappa shape index (κ1) is 11.6. The van der Waals surface area contributed by atoms with Crippen molar-refractivity contribution in [3.63, 3.8) is 0 Å². The lowest BCUT2D eigenvalue weighted by Gasteiger charge is -2.48. The summed E-state index contributed by atoms with van der Waals surface area (Å²) in [6, 6.07) is 7.88. The first-order valence-corrected chi connectivity index (χ1v) is 6.07. The molecule has 0 nitrogen and oxygen atoms in total. The van der Waals surface area contributed by atoms with Gasteiger partial charge in [0, 0.05) is 0 Å². The van der Waals surface area contributed by atoms with Gasteiger partial charge in [-0.2, -0.15) is 0 Å². The summed E-state index contributed by atoms with van der Waals surface area (Å²) in [6.45, 7) is 8.64. The fourth-order valence-corrected chi connectivity index (χ4v) is 2.42. The highest BCUT2D eigenvalue weighted by Crippen LogP contribution is 2.55. The first-order valence-electron chi connectivity index (χ1n) is 6.07. The van der Waals surface area contributed by atoms with Gasteiger partial charge in [0.1, 0.15) is 5.67 Å². The van der Waals surface area contributed by atoms with E-state index in [4.69, 9.17) is 0 Å². The molecule has 1 fully saturated rings. The van der Waals surface area contributed by atoms with Gasteiger partial charge in [0.2, 0.25) is 0 Å². The molecule has 16 heavy (non-hydrogen) atoms. The largest absolute Gasteiger partial charge is 0.239 e. The van der Waals surface area contributed by atoms with Crippen LogP contribution in [0.2, 0.25) is 0 Å².